The van der Waals surface area contributed by atoms with Crippen LogP contribution in [0.25, 0.3) is 11.1 Å². The normalized spacial score (nSPS) is 13.0. The van der Waals surface area contributed by atoms with Crippen molar-refractivity contribution in [1.29, 1.82) is 0 Å². The van der Waals surface area contributed by atoms with E-state index in [1.54, 1.807) is 31.2 Å². The number of benzene rings is 3. The Balaban J connectivity index is 1.89. The van der Waals surface area contributed by atoms with Crippen molar-refractivity contribution >= 4 is 23.2 Å². The van der Waals surface area contributed by atoms with Crippen LogP contribution in [0.15, 0.2) is 48.5 Å². The molecule has 1 heterocycles. The number of fused-ring (bicyclic) bond motifs is 1. The molecule has 0 fully saturated rings. The quantitative estimate of drug-likeness (QED) is 0.389. The minimum Gasteiger partial charge on any atom is -0.507 e. The molecule has 4 rings (SSSR count). The minimum atomic E-state index is -0.601. The Labute approximate surface area is 172 Å². The fourth-order valence-corrected chi connectivity index (χ4v) is 3.81. The van der Waals surface area contributed by atoms with Crippen molar-refractivity contribution in [2.75, 3.05) is 4.90 Å². The Morgan fingerprint density at radius 3 is 2.20 bits per heavy atom. The SMILES string of the molecule is Cc1cc(-c2ccccc2N2C(=O)c3ccc([N+](=O)[O-])cc3C2=O)c(C)c(C)c1O. The molecule has 1 aliphatic heterocycles. The van der Waals surface area contributed by atoms with Crippen LogP contribution < -0.4 is 4.90 Å². The molecule has 2 amide bonds. The van der Waals surface area contributed by atoms with Crippen LogP contribution in [0.2, 0.25) is 0 Å². The first kappa shape index (κ1) is 19.3. The number of para-hydroxylation sites is 1. The number of amides is 2. The van der Waals surface area contributed by atoms with Gasteiger partial charge in [0.1, 0.15) is 5.75 Å². The van der Waals surface area contributed by atoms with E-state index in [9.17, 15) is 24.8 Å². The molecule has 0 saturated heterocycles. The third-order valence-corrected chi connectivity index (χ3v) is 5.57. The summed E-state index contributed by atoms with van der Waals surface area (Å²) < 4.78 is 0. The lowest BCUT2D eigenvalue weighted by Gasteiger charge is -2.21. The van der Waals surface area contributed by atoms with Gasteiger partial charge >= 0.3 is 0 Å². The van der Waals surface area contributed by atoms with Crippen molar-refractivity contribution in [2.24, 2.45) is 0 Å². The van der Waals surface area contributed by atoms with E-state index < -0.39 is 16.7 Å². The molecule has 1 aliphatic rings. The average Bonchev–Trinajstić information content (AvgIpc) is 2.99. The second-order valence-electron chi connectivity index (χ2n) is 7.29. The van der Waals surface area contributed by atoms with Gasteiger partial charge in [0.15, 0.2) is 0 Å². The van der Waals surface area contributed by atoms with Crippen molar-refractivity contribution < 1.29 is 19.6 Å². The number of nitrogens with zero attached hydrogens (tertiary/aromatic N) is 2. The van der Waals surface area contributed by atoms with E-state index in [2.05, 4.69) is 0 Å². The van der Waals surface area contributed by atoms with Gasteiger partial charge in [0, 0.05) is 17.7 Å². The number of phenols is 1. The van der Waals surface area contributed by atoms with Gasteiger partial charge in [-0.25, -0.2) is 4.90 Å². The predicted octanol–water partition coefficient (Wildman–Crippen LogP) is 4.69. The molecule has 0 aliphatic carbocycles. The fraction of sp³-hybridized carbons (Fsp3) is 0.130. The molecule has 0 unspecified atom stereocenters. The molecule has 7 heteroatoms. The van der Waals surface area contributed by atoms with E-state index in [0.29, 0.717) is 16.8 Å². The number of phenolic OH excluding ortho intramolecular Hbond substituents is 1. The van der Waals surface area contributed by atoms with Gasteiger partial charge in [-0.05, 0) is 61.2 Å². The summed E-state index contributed by atoms with van der Waals surface area (Å²) in [5.41, 5.74) is 3.97. The van der Waals surface area contributed by atoms with E-state index in [1.807, 2.05) is 19.9 Å². The molecular weight excluding hydrogens is 384 g/mol. The number of nitro benzene ring substituents is 1. The number of non-ortho nitro benzene ring substituents is 1. The molecule has 0 bridgehead atoms. The molecule has 3 aromatic carbocycles. The Morgan fingerprint density at radius 2 is 1.50 bits per heavy atom. The molecule has 3 aromatic rings. The van der Waals surface area contributed by atoms with Crippen LogP contribution in [0.3, 0.4) is 0 Å². The lowest BCUT2D eigenvalue weighted by atomic mass is 9.92. The number of hydrogen-bond donors (Lipinski definition) is 1. The summed E-state index contributed by atoms with van der Waals surface area (Å²) in [7, 11) is 0. The zero-order valence-electron chi connectivity index (χ0n) is 16.6. The topological polar surface area (TPSA) is 101 Å². The summed E-state index contributed by atoms with van der Waals surface area (Å²) in [5, 5.41) is 21.3. The first-order valence-corrected chi connectivity index (χ1v) is 9.28. The second kappa shape index (κ2) is 6.81. The van der Waals surface area contributed by atoms with Crippen molar-refractivity contribution in [3.63, 3.8) is 0 Å². The Hall–Kier alpha value is -4.00. The maximum absolute atomic E-state index is 13.1. The lowest BCUT2D eigenvalue weighted by molar-refractivity contribution is -0.384. The van der Waals surface area contributed by atoms with Crippen molar-refractivity contribution in [1.82, 2.24) is 0 Å². The summed E-state index contributed by atoms with van der Waals surface area (Å²) >= 11 is 0. The van der Waals surface area contributed by atoms with Crippen LogP contribution >= 0.6 is 0 Å². The minimum absolute atomic E-state index is 0.0128. The Morgan fingerprint density at radius 1 is 0.833 bits per heavy atom. The van der Waals surface area contributed by atoms with Crippen molar-refractivity contribution in [3.8, 4) is 16.9 Å². The highest BCUT2D eigenvalue weighted by molar-refractivity contribution is 6.35. The summed E-state index contributed by atoms with van der Waals surface area (Å²) in [4.78, 5) is 37.7. The zero-order valence-corrected chi connectivity index (χ0v) is 16.6. The number of hydrogen-bond acceptors (Lipinski definition) is 5. The molecule has 0 spiro atoms. The number of aryl methyl sites for hydroxylation is 1. The maximum Gasteiger partial charge on any atom is 0.270 e. The third kappa shape index (κ3) is 2.75. The van der Waals surface area contributed by atoms with Crippen LogP contribution in [0.1, 0.15) is 37.4 Å². The highest BCUT2D eigenvalue weighted by atomic mass is 16.6. The highest BCUT2D eigenvalue weighted by Crippen LogP contribution is 2.40. The van der Waals surface area contributed by atoms with Crippen molar-refractivity contribution in [2.45, 2.75) is 20.8 Å². The van der Waals surface area contributed by atoms with Gasteiger partial charge in [-0.2, -0.15) is 0 Å². The van der Waals surface area contributed by atoms with E-state index in [1.165, 1.54) is 12.1 Å². The Bertz CT molecular complexity index is 1260. The first-order chi connectivity index (χ1) is 14.2. The number of carbonyl (C=O) groups is 2. The maximum atomic E-state index is 13.1. The number of carbonyl (C=O) groups excluding carboxylic acids is 2. The Kier molecular flexibility index (Phi) is 4.38. The van der Waals surface area contributed by atoms with E-state index in [0.717, 1.165) is 27.7 Å². The average molecular weight is 402 g/mol. The molecule has 7 nitrogen and oxygen atoms in total. The van der Waals surface area contributed by atoms with Crippen LogP contribution in [0.5, 0.6) is 5.75 Å². The standard InChI is InChI=1S/C23H18N2O5/c1-12-10-18(13(2)14(3)21(12)26)16-6-4-5-7-20(16)24-22(27)17-9-8-15(25(29)30)11-19(17)23(24)28/h4-11,26H,1-3H3. The highest BCUT2D eigenvalue weighted by Gasteiger charge is 2.39. The largest absolute Gasteiger partial charge is 0.507 e. The third-order valence-electron chi connectivity index (χ3n) is 5.57. The number of anilines is 1. The summed E-state index contributed by atoms with van der Waals surface area (Å²) in [5.74, 6) is -0.917. The molecule has 0 aromatic heterocycles. The summed E-state index contributed by atoms with van der Waals surface area (Å²) in [6, 6.07) is 12.5. The fourth-order valence-electron chi connectivity index (χ4n) is 3.81. The summed E-state index contributed by atoms with van der Waals surface area (Å²) in [6.45, 7) is 5.46. The smallest absolute Gasteiger partial charge is 0.270 e. The van der Waals surface area contributed by atoms with Crippen LogP contribution in [0, 0.1) is 30.9 Å². The van der Waals surface area contributed by atoms with Gasteiger partial charge in [0.05, 0.1) is 21.7 Å². The van der Waals surface area contributed by atoms with Crippen LogP contribution in [-0.4, -0.2) is 21.8 Å². The number of aromatic hydroxyl groups is 1. The molecule has 150 valence electrons. The molecule has 0 atom stereocenters. The number of rotatable bonds is 3. The van der Waals surface area contributed by atoms with Gasteiger partial charge in [-0.3, -0.25) is 19.7 Å². The second-order valence-corrected chi connectivity index (χ2v) is 7.29. The van der Waals surface area contributed by atoms with E-state index in [4.69, 9.17) is 0 Å². The van der Waals surface area contributed by atoms with Gasteiger partial charge in [0.2, 0.25) is 0 Å². The zero-order chi connectivity index (χ0) is 21.7. The number of imide groups is 1. The molecule has 1 N–H and O–H groups in total. The lowest BCUT2D eigenvalue weighted by Crippen LogP contribution is -2.29. The van der Waals surface area contributed by atoms with E-state index >= 15 is 0 Å². The molecule has 30 heavy (non-hydrogen) atoms. The number of nitro groups is 1. The molecular formula is C23H18N2O5. The van der Waals surface area contributed by atoms with Gasteiger partial charge < -0.3 is 5.11 Å². The summed E-state index contributed by atoms with van der Waals surface area (Å²) in [6.07, 6.45) is 0. The predicted molar refractivity (Wildman–Crippen MR) is 112 cm³/mol. The van der Waals surface area contributed by atoms with Gasteiger partial charge in [-0.1, -0.05) is 18.2 Å². The molecule has 0 saturated carbocycles. The van der Waals surface area contributed by atoms with Crippen LogP contribution in [0.4, 0.5) is 11.4 Å². The van der Waals surface area contributed by atoms with Gasteiger partial charge in [-0.15, -0.1) is 0 Å². The van der Waals surface area contributed by atoms with E-state index in [-0.39, 0.29) is 22.6 Å². The van der Waals surface area contributed by atoms with Crippen molar-refractivity contribution in [3.05, 3.63) is 86.5 Å². The molecule has 0 radical (unpaired) electrons. The first-order valence-electron chi connectivity index (χ1n) is 9.28. The monoisotopic (exact) mass is 402 g/mol. The van der Waals surface area contributed by atoms with Crippen LogP contribution in [-0.2, 0) is 0 Å². The van der Waals surface area contributed by atoms with Gasteiger partial charge in [0.25, 0.3) is 17.5 Å².